The molecule has 3 aromatic heterocycles. The van der Waals surface area contributed by atoms with E-state index in [1.807, 2.05) is 18.4 Å². The Hall–Kier alpha value is -3.52. The SMILES string of the molecule is Cc1nc2c(C)cc(-c3cccc(CN4CCc5nc(C)[nH]c5C4)c3)cn2n1.O=CO. The van der Waals surface area contributed by atoms with Gasteiger partial charge in [0, 0.05) is 37.8 Å². The van der Waals surface area contributed by atoms with Crippen molar-refractivity contribution in [2.45, 2.75) is 40.3 Å². The minimum absolute atomic E-state index is 0.250. The molecule has 0 unspecified atom stereocenters. The second-order valence-electron chi connectivity index (χ2n) is 7.85. The molecule has 0 fully saturated rings. The minimum atomic E-state index is -0.250. The molecule has 5 rings (SSSR count). The van der Waals surface area contributed by atoms with E-state index in [1.165, 1.54) is 28.1 Å². The number of hydrogen-bond donors (Lipinski definition) is 2. The van der Waals surface area contributed by atoms with E-state index in [4.69, 9.17) is 9.90 Å². The molecular weight excluding hydrogens is 392 g/mol. The van der Waals surface area contributed by atoms with E-state index in [1.54, 1.807) is 0 Å². The van der Waals surface area contributed by atoms with Crippen molar-refractivity contribution in [2.75, 3.05) is 6.54 Å². The van der Waals surface area contributed by atoms with Crippen molar-refractivity contribution in [1.82, 2.24) is 29.5 Å². The first-order chi connectivity index (χ1) is 15.0. The number of benzene rings is 1. The molecule has 0 amide bonds. The maximum Gasteiger partial charge on any atom is 0.290 e. The largest absolute Gasteiger partial charge is 0.483 e. The average molecular weight is 419 g/mol. The van der Waals surface area contributed by atoms with Crippen molar-refractivity contribution in [3.63, 3.8) is 0 Å². The van der Waals surface area contributed by atoms with Crippen LogP contribution in [-0.2, 0) is 24.3 Å². The number of aryl methyl sites for hydroxylation is 3. The predicted octanol–water partition coefficient (Wildman–Crippen LogP) is 3.30. The van der Waals surface area contributed by atoms with Crippen LogP contribution in [0.4, 0.5) is 0 Å². The molecule has 0 spiro atoms. The number of hydrogen-bond acceptors (Lipinski definition) is 5. The fraction of sp³-hybridized carbons (Fsp3) is 0.304. The summed E-state index contributed by atoms with van der Waals surface area (Å²) in [6.45, 7) is 8.72. The lowest BCUT2D eigenvalue weighted by molar-refractivity contribution is -0.122. The second kappa shape index (κ2) is 8.69. The third-order valence-electron chi connectivity index (χ3n) is 5.42. The van der Waals surface area contributed by atoms with E-state index in [2.05, 4.69) is 68.4 Å². The molecule has 31 heavy (non-hydrogen) atoms. The minimum Gasteiger partial charge on any atom is -0.483 e. The van der Waals surface area contributed by atoms with Gasteiger partial charge in [0.25, 0.3) is 6.47 Å². The standard InChI is InChI=1S/C22H24N6.CH2O2/c1-14-9-19(12-28-22(14)25-16(3)26-28)18-6-4-5-17(10-18)11-27-8-7-20-21(13-27)24-15(2)23-20;2-1-3/h4-6,9-10,12H,7-8,11,13H2,1-3H3,(H,23,24);1H,(H,2,3). The molecule has 0 saturated heterocycles. The molecule has 0 bridgehead atoms. The number of aromatic amines is 1. The Morgan fingerprint density at radius 2 is 1.97 bits per heavy atom. The number of pyridine rings is 1. The summed E-state index contributed by atoms with van der Waals surface area (Å²) < 4.78 is 1.89. The number of imidazole rings is 1. The van der Waals surface area contributed by atoms with Gasteiger partial charge < -0.3 is 10.1 Å². The average Bonchev–Trinajstić information content (AvgIpc) is 3.29. The molecule has 8 nitrogen and oxygen atoms in total. The Morgan fingerprint density at radius 1 is 1.16 bits per heavy atom. The van der Waals surface area contributed by atoms with E-state index in [0.717, 1.165) is 48.9 Å². The Morgan fingerprint density at radius 3 is 2.77 bits per heavy atom. The van der Waals surface area contributed by atoms with Crippen LogP contribution in [0.1, 0.15) is 34.2 Å². The normalized spacial score (nSPS) is 13.5. The van der Waals surface area contributed by atoms with Crippen molar-refractivity contribution < 1.29 is 9.90 Å². The van der Waals surface area contributed by atoms with Crippen LogP contribution in [-0.4, -0.2) is 47.6 Å². The molecule has 160 valence electrons. The van der Waals surface area contributed by atoms with Gasteiger partial charge in [-0.3, -0.25) is 9.69 Å². The lowest BCUT2D eigenvalue weighted by Gasteiger charge is -2.26. The highest BCUT2D eigenvalue weighted by Crippen LogP contribution is 2.25. The summed E-state index contributed by atoms with van der Waals surface area (Å²) in [5.41, 5.74) is 8.27. The number of aromatic nitrogens is 5. The Kier molecular flexibility index (Phi) is 5.81. The quantitative estimate of drug-likeness (QED) is 0.495. The first kappa shape index (κ1) is 20.7. The first-order valence-electron chi connectivity index (χ1n) is 10.2. The molecule has 4 heterocycles. The third kappa shape index (κ3) is 4.49. The summed E-state index contributed by atoms with van der Waals surface area (Å²) >= 11 is 0. The zero-order chi connectivity index (χ0) is 22.0. The number of rotatable bonds is 3. The number of nitrogens with one attached hydrogen (secondary N) is 1. The van der Waals surface area contributed by atoms with Crippen LogP contribution >= 0.6 is 0 Å². The highest BCUT2D eigenvalue weighted by atomic mass is 16.3. The fourth-order valence-electron chi connectivity index (χ4n) is 4.15. The van der Waals surface area contributed by atoms with Crippen LogP contribution in [0.15, 0.2) is 36.5 Å². The molecule has 0 atom stereocenters. The van der Waals surface area contributed by atoms with Crippen molar-refractivity contribution in [3.05, 3.63) is 70.7 Å². The summed E-state index contributed by atoms with van der Waals surface area (Å²) in [4.78, 5) is 23.3. The topological polar surface area (TPSA) is 99.4 Å². The smallest absolute Gasteiger partial charge is 0.290 e. The number of carbonyl (C=O) groups is 1. The van der Waals surface area contributed by atoms with Gasteiger partial charge in [0.05, 0.1) is 11.4 Å². The molecule has 1 aromatic carbocycles. The molecule has 0 radical (unpaired) electrons. The van der Waals surface area contributed by atoms with Gasteiger partial charge >= 0.3 is 0 Å². The maximum absolute atomic E-state index is 8.36. The van der Waals surface area contributed by atoms with E-state index in [0.29, 0.717) is 0 Å². The number of nitrogens with zero attached hydrogens (tertiary/aromatic N) is 5. The van der Waals surface area contributed by atoms with Gasteiger partial charge in [-0.2, -0.15) is 5.10 Å². The zero-order valence-electron chi connectivity index (χ0n) is 18.0. The van der Waals surface area contributed by atoms with Gasteiger partial charge in [-0.1, -0.05) is 18.2 Å². The molecule has 1 aliphatic heterocycles. The lowest BCUT2D eigenvalue weighted by Crippen LogP contribution is -2.30. The summed E-state index contributed by atoms with van der Waals surface area (Å²) in [7, 11) is 0. The molecule has 8 heteroatoms. The van der Waals surface area contributed by atoms with Gasteiger partial charge in [-0.25, -0.2) is 14.5 Å². The fourth-order valence-corrected chi connectivity index (χ4v) is 4.15. The van der Waals surface area contributed by atoms with Gasteiger partial charge in [0.15, 0.2) is 5.65 Å². The van der Waals surface area contributed by atoms with Gasteiger partial charge in [0.2, 0.25) is 0 Å². The van der Waals surface area contributed by atoms with Crippen LogP contribution in [0.25, 0.3) is 16.8 Å². The van der Waals surface area contributed by atoms with E-state index in [-0.39, 0.29) is 6.47 Å². The highest BCUT2D eigenvalue weighted by molar-refractivity contribution is 5.67. The molecule has 4 aromatic rings. The molecule has 0 saturated carbocycles. The van der Waals surface area contributed by atoms with Gasteiger partial charge in [-0.05, 0) is 49.6 Å². The maximum atomic E-state index is 8.36. The van der Waals surface area contributed by atoms with Gasteiger partial charge in [0.1, 0.15) is 11.6 Å². The van der Waals surface area contributed by atoms with Crippen molar-refractivity contribution in [1.29, 1.82) is 0 Å². The van der Waals surface area contributed by atoms with E-state index >= 15 is 0 Å². The second-order valence-corrected chi connectivity index (χ2v) is 7.85. The third-order valence-corrected chi connectivity index (χ3v) is 5.42. The number of H-pyrrole nitrogens is 1. The van der Waals surface area contributed by atoms with Gasteiger partial charge in [-0.15, -0.1) is 0 Å². The lowest BCUT2D eigenvalue weighted by atomic mass is 10.0. The van der Waals surface area contributed by atoms with Crippen molar-refractivity contribution in [3.8, 4) is 11.1 Å². The van der Waals surface area contributed by atoms with Crippen molar-refractivity contribution >= 4 is 12.1 Å². The highest BCUT2D eigenvalue weighted by Gasteiger charge is 2.19. The summed E-state index contributed by atoms with van der Waals surface area (Å²) in [5.74, 6) is 1.82. The predicted molar refractivity (Wildman–Crippen MR) is 118 cm³/mol. The van der Waals surface area contributed by atoms with Crippen LogP contribution < -0.4 is 0 Å². The summed E-state index contributed by atoms with van der Waals surface area (Å²) in [6.07, 6.45) is 3.09. The van der Waals surface area contributed by atoms with E-state index in [9.17, 15) is 0 Å². The Labute approximate surface area is 180 Å². The Balaban J connectivity index is 0.000000730. The molecule has 0 aliphatic carbocycles. The summed E-state index contributed by atoms with van der Waals surface area (Å²) in [6, 6.07) is 11.0. The summed E-state index contributed by atoms with van der Waals surface area (Å²) in [5, 5.41) is 11.4. The van der Waals surface area contributed by atoms with Crippen molar-refractivity contribution in [2.24, 2.45) is 0 Å². The molecule has 1 aliphatic rings. The monoisotopic (exact) mass is 418 g/mol. The zero-order valence-corrected chi connectivity index (χ0v) is 18.0. The van der Waals surface area contributed by atoms with Crippen LogP contribution in [0.3, 0.4) is 0 Å². The molecular formula is C23H26N6O2. The number of fused-ring (bicyclic) bond motifs is 2. The van der Waals surface area contributed by atoms with Crippen LogP contribution in [0.2, 0.25) is 0 Å². The Bertz CT molecular complexity index is 1230. The van der Waals surface area contributed by atoms with E-state index < -0.39 is 0 Å². The molecule has 2 N–H and O–H groups in total. The first-order valence-corrected chi connectivity index (χ1v) is 10.2. The number of carboxylic acid groups (broad SMARTS) is 1. The van der Waals surface area contributed by atoms with Crippen LogP contribution in [0.5, 0.6) is 0 Å². The van der Waals surface area contributed by atoms with Crippen LogP contribution in [0, 0.1) is 20.8 Å².